The maximum atomic E-state index is 13.6. The molecule has 5 rings (SSSR count). The van der Waals surface area contributed by atoms with Crippen molar-refractivity contribution in [3.8, 4) is 0 Å². The molecular formula is C27H30FN7O3. The molecule has 2 aliphatic heterocycles. The smallest absolute Gasteiger partial charge is 0.330 e. The van der Waals surface area contributed by atoms with Crippen molar-refractivity contribution in [1.82, 2.24) is 9.97 Å². The van der Waals surface area contributed by atoms with Crippen LogP contribution in [-0.2, 0) is 18.0 Å². The summed E-state index contributed by atoms with van der Waals surface area (Å²) in [7, 11) is 3.39. The molecule has 0 unspecified atom stereocenters. The molecule has 10 nitrogen and oxygen atoms in total. The molecule has 2 aromatic carbocycles. The number of ether oxygens (including phenoxy) is 1. The van der Waals surface area contributed by atoms with Crippen LogP contribution in [0, 0.1) is 6.92 Å². The van der Waals surface area contributed by atoms with Gasteiger partial charge < -0.3 is 20.3 Å². The SMILES string of the molecule is CNc1ncc2c(n1)N(C)C(=O)N(c1cc(NC(=O)c3cc(CF)cc(N4CCOCC4)c3)ccc1C)C2. The van der Waals surface area contributed by atoms with Crippen LogP contribution in [0.3, 0.4) is 0 Å². The summed E-state index contributed by atoms with van der Waals surface area (Å²) < 4.78 is 19.0. The summed E-state index contributed by atoms with van der Waals surface area (Å²) in [5, 5.41) is 5.81. The van der Waals surface area contributed by atoms with Gasteiger partial charge in [-0.3, -0.25) is 14.6 Å². The Morgan fingerprint density at radius 2 is 1.95 bits per heavy atom. The lowest BCUT2D eigenvalue weighted by Crippen LogP contribution is -2.46. The maximum absolute atomic E-state index is 13.6. The minimum atomic E-state index is -0.668. The summed E-state index contributed by atoms with van der Waals surface area (Å²) in [6, 6.07) is 10.3. The number of halogens is 1. The maximum Gasteiger partial charge on any atom is 0.330 e. The zero-order chi connectivity index (χ0) is 26.8. The van der Waals surface area contributed by atoms with Crippen molar-refractivity contribution in [3.63, 3.8) is 0 Å². The van der Waals surface area contributed by atoms with Gasteiger partial charge in [0.15, 0.2) is 0 Å². The van der Waals surface area contributed by atoms with Crippen LogP contribution in [0.25, 0.3) is 0 Å². The monoisotopic (exact) mass is 519 g/mol. The van der Waals surface area contributed by atoms with Crippen LogP contribution < -0.4 is 25.3 Å². The summed E-state index contributed by atoms with van der Waals surface area (Å²) >= 11 is 0. The molecule has 0 radical (unpaired) electrons. The first-order valence-electron chi connectivity index (χ1n) is 12.4. The molecule has 3 aromatic rings. The number of rotatable bonds is 6. The molecule has 38 heavy (non-hydrogen) atoms. The van der Waals surface area contributed by atoms with E-state index in [-0.39, 0.29) is 11.9 Å². The number of nitrogens with zero attached hydrogens (tertiary/aromatic N) is 5. The average Bonchev–Trinajstić information content (AvgIpc) is 2.96. The van der Waals surface area contributed by atoms with Gasteiger partial charge in [0.2, 0.25) is 5.95 Å². The minimum Gasteiger partial charge on any atom is -0.378 e. The third-order valence-corrected chi connectivity index (χ3v) is 6.76. The second-order valence-electron chi connectivity index (χ2n) is 9.30. The van der Waals surface area contributed by atoms with Crippen molar-refractivity contribution in [3.05, 3.63) is 64.8 Å². The van der Waals surface area contributed by atoms with Gasteiger partial charge >= 0.3 is 6.03 Å². The number of aryl methyl sites for hydroxylation is 1. The molecule has 2 N–H and O–H groups in total. The lowest BCUT2D eigenvalue weighted by molar-refractivity contribution is 0.102. The van der Waals surface area contributed by atoms with Crippen LogP contribution >= 0.6 is 0 Å². The second-order valence-corrected chi connectivity index (χ2v) is 9.30. The van der Waals surface area contributed by atoms with Gasteiger partial charge in [0.1, 0.15) is 12.5 Å². The standard InChI is InChI=1S/C27H30FN7O3/c1-17-4-5-21(13-23(17)35-16-20-15-30-26(29-2)32-24(20)33(3)27(35)37)31-25(36)19-10-18(14-28)11-22(12-19)34-6-8-38-9-7-34/h4-5,10-13,15H,6-9,14,16H2,1-3H3,(H,31,36)(H,29,30,32). The molecule has 0 bridgehead atoms. The highest BCUT2D eigenvalue weighted by Gasteiger charge is 2.31. The van der Waals surface area contributed by atoms with E-state index in [1.54, 1.807) is 55.5 Å². The molecule has 0 spiro atoms. The molecule has 0 aliphatic carbocycles. The Morgan fingerprint density at radius 1 is 1.16 bits per heavy atom. The molecule has 0 saturated carbocycles. The Labute approximate surface area is 220 Å². The molecule has 3 heterocycles. The number of anilines is 5. The first-order valence-corrected chi connectivity index (χ1v) is 12.4. The van der Waals surface area contributed by atoms with Gasteiger partial charge in [-0.25, -0.2) is 14.2 Å². The van der Waals surface area contributed by atoms with Gasteiger partial charge in [0, 0.05) is 55.9 Å². The summed E-state index contributed by atoms with van der Waals surface area (Å²) in [6.07, 6.45) is 1.70. The Kier molecular flexibility index (Phi) is 7.10. The largest absolute Gasteiger partial charge is 0.378 e. The molecule has 1 fully saturated rings. The van der Waals surface area contributed by atoms with Crippen LogP contribution in [0.4, 0.5) is 38.0 Å². The van der Waals surface area contributed by atoms with Crippen molar-refractivity contribution in [2.45, 2.75) is 20.1 Å². The zero-order valence-electron chi connectivity index (χ0n) is 21.6. The van der Waals surface area contributed by atoms with Crippen LogP contribution in [0.2, 0.25) is 0 Å². The van der Waals surface area contributed by atoms with Gasteiger partial charge in [-0.1, -0.05) is 6.07 Å². The first-order chi connectivity index (χ1) is 18.4. The van der Waals surface area contributed by atoms with Crippen LogP contribution in [-0.4, -0.2) is 62.3 Å². The van der Waals surface area contributed by atoms with Crippen molar-refractivity contribution in [1.29, 1.82) is 0 Å². The Hall–Kier alpha value is -4.25. The fraction of sp³-hybridized carbons (Fsp3) is 0.333. The Balaban J connectivity index is 1.40. The number of hydrogen-bond donors (Lipinski definition) is 2. The lowest BCUT2D eigenvalue weighted by Gasteiger charge is -2.35. The highest BCUT2D eigenvalue weighted by atomic mass is 19.1. The number of alkyl halides is 1. The summed E-state index contributed by atoms with van der Waals surface area (Å²) in [5.74, 6) is 0.632. The summed E-state index contributed by atoms with van der Waals surface area (Å²) in [6.45, 7) is 4.07. The van der Waals surface area contributed by atoms with E-state index in [0.29, 0.717) is 67.1 Å². The predicted octanol–water partition coefficient (Wildman–Crippen LogP) is 3.96. The third-order valence-electron chi connectivity index (χ3n) is 6.76. The Morgan fingerprint density at radius 3 is 2.68 bits per heavy atom. The zero-order valence-corrected chi connectivity index (χ0v) is 21.6. The van der Waals surface area contributed by atoms with Crippen molar-refractivity contribution in [2.24, 2.45) is 0 Å². The molecule has 0 atom stereocenters. The summed E-state index contributed by atoms with van der Waals surface area (Å²) in [5.41, 5.74) is 4.46. The number of hydrogen-bond acceptors (Lipinski definition) is 7. The van der Waals surface area contributed by atoms with E-state index in [4.69, 9.17) is 4.74 Å². The van der Waals surface area contributed by atoms with Gasteiger partial charge in [-0.05, 0) is 48.4 Å². The number of carbonyl (C=O) groups is 2. The average molecular weight is 520 g/mol. The van der Waals surface area contributed by atoms with Gasteiger partial charge in [0.25, 0.3) is 5.91 Å². The predicted molar refractivity (Wildman–Crippen MR) is 145 cm³/mol. The third kappa shape index (κ3) is 4.97. The van der Waals surface area contributed by atoms with Crippen LogP contribution in [0.1, 0.15) is 27.0 Å². The number of carbonyl (C=O) groups excluding carboxylic acids is 2. The molecular weight excluding hydrogens is 489 g/mol. The van der Waals surface area contributed by atoms with E-state index in [2.05, 4.69) is 25.5 Å². The second kappa shape index (κ2) is 10.6. The van der Waals surface area contributed by atoms with Crippen LogP contribution in [0.15, 0.2) is 42.6 Å². The first kappa shape index (κ1) is 25.4. The topological polar surface area (TPSA) is 103 Å². The van der Waals surface area contributed by atoms with Gasteiger partial charge in [-0.2, -0.15) is 4.98 Å². The fourth-order valence-electron chi connectivity index (χ4n) is 4.69. The van der Waals surface area contributed by atoms with Crippen molar-refractivity contribution >= 4 is 40.8 Å². The number of morpholine rings is 1. The van der Waals surface area contributed by atoms with E-state index in [9.17, 15) is 14.0 Å². The van der Waals surface area contributed by atoms with Crippen molar-refractivity contribution < 1.29 is 18.7 Å². The number of benzene rings is 2. The van der Waals surface area contributed by atoms with E-state index in [1.165, 1.54) is 4.90 Å². The normalized spacial score (nSPS) is 15.4. The number of urea groups is 1. The highest BCUT2D eigenvalue weighted by molar-refractivity contribution is 6.07. The quantitative estimate of drug-likeness (QED) is 0.508. The van der Waals surface area contributed by atoms with Gasteiger partial charge in [0.05, 0.1) is 25.4 Å². The Bertz CT molecular complexity index is 1380. The number of aromatic nitrogens is 2. The van der Waals surface area contributed by atoms with Crippen LogP contribution in [0.5, 0.6) is 0 Å². The highest BCUT2D eigenvalue weighted by Crippen LogP contribution is 2.33. The summed E-state index contributed by atoms with van der Waals surface area (Å²) in [4.78, 5) is 40.4. The minimum absolute atomic E-state index is 0.240. The molecule has 1 aromatic heterocycles. The number of fused-ring (bicyclic) bond motifs is 1. The lowest BCUT2D eigenvalue weighted by atomic mass is 10.1. The number of amides is 3. The van der Waals surface area contributed by atoms with E-state index < -0.39 is 6.67 Å². The molecule has 1 saturated heterocycles. The molecule has 2 aliphatic rings. The molecule has 3 amide bonds. The van der Waals surface area contributed by atoms with Gasteiger partial charge in [-0.15, -0.1) is 0 Å². The molecule has 198 valence electrons. The molecule has 11 heteroatoms. The van der Waals surface area contributed by atoms with E-state index in [1.807, 2.05) is 13.0 Å². The number of nitrogens with one attached hydrogen (secondary N) is 2. The fourth-order valence-corrected chi connectivity index (χ4v) is 4.69. The van der Waals surface area contributed by atoms with Crippen molar-refractivity contribution in [2.75, 3.05) is 65.7 Å². The van der Waals surface area contributed by atoms with E-state index >= 15 is 0 Å². The van der Waals surface area contributed by atoms with E-state index in [0.717, 1.165) is 16.8 Å².